The van der Waals surface area contributed by atoms with Crippen LogP contribution < -0.4 is 9.47 Å². The average molecular weight is 284 g/mol. The van der Waals surface area contributed by atoms with Gasteiger partial charge in [-0.25, -0.2) is 0 Å². The molecule has 0 radical (unpaired) electrons. The first-order valence-corrected chi connectivity index (χ1v) is 6.45. The fourth-order valence-corrected chi connectivity index (χ4v) is 2.20. The van der Waals surface area contributed by atoms with Gasteiger partial charge in [-0.2, -0.15) is 0 Å². The van der Waals surface area contributed by atoms with Crippen molar-refractivity contribution in [1.82, 2.24) is 0 Å². The Kier molecular flexibility index (Phi) is 4.38. The molecule has 0 fully saturated rings. The highest BCUT2D eigenvalue weighted by Gasteiger charge is 2.21. The number of para-hydroxylation sites is 1. The minimum atomic E-state index is -0.267. The van der Waals surface area contributed by atoms with E-state index in [1.54, 1.807) is 42.5 Å². The number of ether oxygens (including phenoxy) is 2. The molecule has 0 saturated heterocycles. The van der Waals surface area contributed by atoms with E-state index in [9.17, 15) is 9.59 Å². The molecule has 0 heterocycles. The van der Waals surface area contributed by atoms with Crippen LogP contribution in [0.5, 0.6) is 11.5 Å². The third-order valence-electron chi connectivity index (χ3n) is 3.20. The summed E-state index contributed by atoms with van der Waals surface area (Å²) < 4.78 is 10.5. The maximum absolute atomic E-state index is 12.7. The molecule has 2 aromatic carbocycles. The Morgan fingerprint density at radius 2 is 1.43 bits per heavy atom. The Morgan fingerprint density at radius 3 is 2.00 bits per heavy atom. The van der Waals surface area contributed by atoms with E-state index in [1.165, 1.54) is 21.1 Å². The quantitative estimate of drug-likeness (QED) is 0.791. The number of carbonyl (C=O) groups excluding carboxylic acids is 2. The van der Waals surface area contributed by atoms with Gasteiger partial charge in [0.25, 0.3) is 0 Å². The van der Waals surface area contributed by atoms with Crippen molar-refractivity contribution in [3.8, 4) is 11.5 Å². The van der Waals surface area contributed by atoms with E-state index >= 15 is 0 Å². The molecule has 0 aliphatic carbocycles. The van der Waals surface area contributed by atoms with Crippen molar-refractivity contribution in [3.63, 3.8) is 0 Å². The number of Topliss-reactive ketones (excluding diaryl/α,β-unsaturated/α-hetero) is 1. The van der Waals surface area contributed by atoms with Crippen LogP contribution in [0.1, 0.15) is 33.2 Å². The summed E-state index contributed by atoms with van der Waals surface area (Å²) >= 11 is 0. The number of rotatable bonds is 5. The van der Waals surface area contributed by atoms with Gasteiger partial charge >= 0.3 is 0 Å². The number of hydrogen-bond donors (Lipinski definition) is 0. The van der Waals surface area contributed by atoms with Gasteiger partial charge in [0.15, 0.2) is 23.1 Å². The Morgan fingerprint density at radius 1 is 0.810 bits per heavy atom. The van der Waals surface area contributed by atoms with Crippen LogP contribution in [-0.2, 0) is 0 Å². The van der Waals surface area contributed by atoms with E-state index in [0.717, 1.165) is 0 Å². The predicted octanol–water partition coefficient (Wildman–Crippen LogP) is 3.14. The summed E-state index contributed by atoms with van der Waals surface area (Å²) in [5, 5.41) is 0. The van der Waals surface area contributed by atoms with Crippen LogP contribution >= 0.6 is 0 Å². The average Bonchev–Trinajstić information content (AvgIpc) is 2.53. The molecular formula is C17H16O4. The van der Waals surface area contributed by atoms with Crippen LogP contribution in [0.15, 0.2) is 42.5 Å². The summed E-state index contributed by atoms with van der Waals surface area (Å²) in [7, 11) is 2.99. The molecule has 2 rings (SSSR count). The fourth-order valence-electron chi connectivity index (χ4n) is 2.20. The minimum Gasteiger partial charge on any atom is -0.493 e. The second kappa shape index (κ2) is 6.22. The molecule has 4 heteroatoms. The van der Waals surface area contributed by atoms with Crippen LogP contribution in [0.4, 0.5) is 0 Å². The van der Waals surface area contributed by atoms with Gasteiger partial charge in [-0.1, -0.05) is 30.3 Å². The highest BCUT2D eigenvalue weighted by Crippen LogP contribution is 2.32. The standard InChI is InChI=1S/C17H16O4/c1-11(18)12-7-4-5-8-13(12)16(19)14-9-6-10-15(20-2)17(14)21-3/h4-10H,1-3H3. The summed E-state index contributed by atoms with van der Waals surface area (Å²) in [5.74, 6) is 0.421. The molecule has 0 bridgehead atoms. The highest BCUT2D eigenvalue weighted by molar-refractivity contribution is 6.16. The predicted molar refractivity (Wildman–Crippen MR) is 79.4 cm³/mol. The molecule has 0 atom stereocenters. The van der Waals surface area contributed by atoms with E-state index in [4.69, 9.17) is 9.47 Å². The molecule has 0 aliphatic rings. The molecule has 0 spiro atoms. The monoisotopic (exact) mass is 284 g/mol. The third-order valence-corrected chi connectivity index (χ3v) is 3.20. The zero-order chi connectivity index (χ0) is 15.4. The third kappa shape index (κ3) is 2.79. The van der Waals surface area contributed by atoms with E-state index in [2.05, 4.69) is 0 Å². The van der Waals surface area contributed by atoms with E-state index in [0.29, 0.717) is 28.2 Å². The molecule has 0 N–H and O–H groups in total. The summed E-state index contributed by atoms with van der Waals surface area (Å²) in [6.07, 6.45) is 0. The SMILES string of the molecule is COc1cccc(C(=O)c2ccccc2C(C)=O)c1OC. The molecule has 0 unspecified atom stereocenters. The smallest absolute Gasteiger partial charge is 0.197 e. The number of methoxy groups -OCH3 is 2. The van der Waals surface area contributed by atoms with Crippen molar-refractivity contribution in [1.29, 1.82) is 0 Å². The molecule has 108 valence electrons. The zero-order valence-corrected chi connectivity index (χ0v) is 12.2. The summed E-state index contributed by atoms with van der Waals surface area (Å²) in [4.78, 5) is 24.4. The lowest BCUT2D eigenvalue weighted by molar-refractivity contribution is 0.0989. The van der Waals surface area contributed by atoms with Gasteiger partial charge < -0.3 is 9.47 Å². The minimum absolute atomic E-state index is 0.152. The van der Waals surface area contributed by atoms with Gasteiger partial charge in [-0.3, -0.25) is 9.59 Å². The molecule has 4 nitrogen and oxygen atoms in total. The summed E-state index contributed by atoms with van der Waals surface area (Å²) in [5.41, 5.74) is 1.12. The first-order chi connectivity index (χ1) is 10.1. The molecule has 0 aliphatic heterocycles. The lowest BCUT2D eigenvalue weighted by Crippen LogP contribution is -2.10. The zero-order valence-electron chi connectivity index (χ0n) is 12.2. The Labute approximate surface area is 123 Å². The molecule has 0 saturated carbocycles. The first-order valence-electron chi connectivity index (χ1n) is 6.45. The molecular weight excluding hydrogens is 268 g/mol. The van der Waals surface area contributed by atoms with E-state index < -0.39 is 0 Å². The van der Waals surface area contributed by atoms with Crippen molar-refractivity contribution in [2.24, 2.45) is 0 Å². The molecule has 2 aromatic rings. The maximum atomic E-state index is 12.7. The van der Waals surface area contributed by atoms with Gasteiger partial charge in [-0.05, 0) is 19.1 Å². The van der Waals surface area contributed by atoms with Gasteiger partial charge in [0.1, 0.15) is 0 Å². The topological polar surface area (TPSA) is 52.6 Å². The lowest BCUT2D eigenvalue weighted by Gasteiger charge is -2.12. The highest BCUT2D eigenvalue weighted by atomic mass is 16.5. The Bertz CT molecular complexity index is 689. The van der Waals surface area contributed by atoms with E-state index in [-0.39, 0.29) is 11.6 Å². The van der Waals surface area contributed by atoms with Crippen LogP contribution in [0.25, 0.3) is 0 Å². The first kappa shape index (κ1) is 14.8. The number of hydrogen-bond acceptors (Lipinski definition) is 4. The molecule has 21 heavy (non-hydrogen) atoms. The van der Waals surface area contributed by atoms with Gasteiger partial charge in [0.2, 0.25) is 0 Å². The lowest BCUT2D eigenvalue weighted by atomic mass is 9.96. The summed E-state index contributed by atoms with van der Waals surface area (Å²) in [6, 6.07) is 11.8. The van der Waals surface area contributed by atoms with Crippen LogP contribution in [0, 0.1) is 0 Å². The van der Waals surface area contributed by atoms with Gasteiger partial charge in [0, 0.05) is 11.1 Å². The van der Waals surface area contributed by atoms with Crippen LogP contribution in [0.2, 0.25) is 0 Å². The number of carbonyl (C=O) groups is 2. The molecule has 0 aromatic heterocycles. The van der Waals surface area contributed by atoms with E-state index in [1.807, 2.05) is 0 Å². The molecule has 0 amide bonds. The number of benzene rings is 2. The summed E-state index contributed by atoms with van der Waals surface area (Å²) in [6.45, 7) is 1.44. The van der Waals surface area contributed by atoms with Crippen molar-refractivity contribution in [3.05, 3.63) is 59.2 Å². The fraction of sp³-hybridized carbons (Fsp3) is 0.176. The second-order valence-electron chi connectivity index (χ2n) is 4.47. The van der Waals surface area contributed by atoms with Crippen molar-refractivity contribution >= 4 is 11.6 Å². The normalized spacial score (nSPS) is 10.0. The van der Waals surface area contributed by atoms with Crippen LogP contribution in [-0.4, -0.2) is 25.8 Å². The Hall–Kier alpha value is -2.62. The Balaban J connectivity index is 2.58. The number of ketones is 2. The van der Waals surface area contributed by atoms with Crippen LogP contribution in [0.3, 0.4) is 0 Å². The van der Waals surface area contributed by atoms with Gasteiger partial charge in [-0.15, -0.1) is 0 Å². The maximum Gasteiger partial charge on any atom is 0.197 e. The largest absolute Gasteiger partial charge is 0.493 e. The second-order valence-corrected chi connectivity index (χ2v) is 4.47. The van der Waals surface area contributed by atoms with Gasteiger partial charge in [0.05, 0.1) is 19.8 Å². The van der Waals surface area contributed by atoms with Crippen molar-refractivity contribution in [2.75, 3.05) is 14.2 Å². The van der Waals surface area contributed by atoms with Crippen molar-refractivity contribution in [2.45, 2.75) is 6.92 Å². The van der Waals surface area contributed by atoms with Crippen molar-refractivity contribution < 1.29 is 19.1 Å².